The molecule has 0 aromatic rings. The van der Waals surface area contributed by atoms with Crippen molar-refractivity contribution in [2.45, 2.75) is 58.8 Å². The summed E-state index contributed by atoms with van der Waals surface area (Å²) in [5.41, 5.74) is 1.12. The van der Waals surface area contributed by atoms with E-state index in [1.807, 2.05) is 6.92 Å². The Bertz CT molecular complexity index is 440. The number of esters is 1. The third-order valence-electron chi connectivity index (χ3n) is 5.17. The van der Waals surface area contributed by atoms with E-state index in [1.54, 1.807) is 0 Å². The Kier molecular flexibility index (Phi) is 6.04. The van der Waals surface area contributed by atoms with Gasteiger partial charge in [0.1, 0.15) is 0 Å². The standard InChI is InChI=1S/C18H28O4/c1-3-4-5-6-7-8-9-22-18(21)15-13-10-12(2)14(11-13)16(15)17(19)20/h10,13-16H,3-9,11H2,1-2H3,(H,19,20). The summed E-state index contributed by atoms with van der Waals surface area (Å²) < 4.78 is 5.37. The Hall–Kier alpha value is -1.32. The number of carboxylic acid groups (broad SMARTS) is 1. The van der Waals surface area contributed by atoms with Crippen LogP contribution in [0.1, 0.15) is 58.8 Å². The zero-order valence-electron chi connectivity index (χ0n) is 13.7. The van der Waals surface area contributed by atoms with E-state index >= 15 is 0 Å². The molecule has 2 aliphatic rings. The molecule has 1 N–H and O–H groups in total. The number of aliphatic carboxylic acids is 1. The van der Waals surface area contributed by atoms with Crippen LogP contribution in [-0.2, 0) is 14.3 Å². The second-order valence-electron chi connectivity index (χ2n) is 6.74. The highest BCUT2D eigenvalue weighted by molar-refractivity contribution is 5.83. The van der Waals surface area contributed by atoms with Crippen LogP contribution in [0.4, 0.5) is 0 Å². The van der Waals surface area contributed by atoms with E-state index in [1.165, 1.54) is 25.7 Å². The van der Waals surface area contributed by atoms with Crippen molar-refractivity contribution in [1.29, 1.82) is 0 Å². The molecular formula is C18H28O4. The van der Waals surface area contributed by atoms with E-state index in [4.69, 9.17) is 4.74 Å². The smallest absolute Gasteiger partial charge is 0.310 e. The minimum Gasteiger partial charge on any atom is -0.481 e. The fraction of sp³-hybridized carbons (Fsp3) is 0.778. The lowest BCUT2D eigenvalue weighted by molar-refractivity contribution is -0.158. The van der Waals surface area contributed by atoms with Gasteiger partial charge < -0.3 is 9.84 Å². The monoisotopic (exact) mass is 308 g/mol. The van der Waals surface area contributed by atoms with Crippen molar-refractivity contribution in [3.8, 4) is 0 Å². The molecule has 4 atom stereocenters. The molecule has 2 bridgehead atoms. The molecule has 4 nitrogen and oxygen atoms in total. The van der Waals surface area contributed by atoms with Crippen LogP contribution in [0, 0.1) is 23.7 Å². The lowest BCUT2D eigenvalue weighted by Gasteiger charge is -2.25. The van der Waals surface area contributed by atoms with Gasteiger partial charge in [0, 0.05) is 0 Å². The summed E-state index contributed by atoms with van der Waals surface area (Å²) in [4.78, 5) is 23.8. The molecule has 22 heavy (non-hydrogen) atoms. The number of hydrogen-bond acceptors (Lipinski definition) is 3. The predicted octanol–water partition coefficient (Wildman–Crippen LogP) is 3.80. The highest BCUT2D eigenvalue weighted by atomic mass is 16.5. The maximum atomic E-state index is 12.3. The minimum absolute atomic E-state index is 0.0223. The summed E-state index contributed by atoms with van der Waals surface area (Å²) in [5, 5.41) is 9.43. The Morgan fingerprint density at radius 1 is 1.18 bits per heavy atom. The molecule has 1 fully saturated rings. The van der Waals surface area contributed by atoms with Gasteiger partial charge in [-0.15, -0.1) is 0 Å². The average Bonchev–Trinajstić information content (AvgIpc) is 3.02. The van der Waals surface area contributed by atoms with Crippen LogP contribution in [0.3, 0.4) is 0 Å². The molecule has 0 heterocycles. The molecule has 1 saturated carbocycles. The minimum atomic E-state index is -0.860. The van der Waals surface area contributed by atoms with Gasteiger partial charge in [-0.25, -0.2) is 0 Å². The molecule has 0 amide bonds. The zero-order valence-corrected chi connectivity index (χ0v) is 13.7. The van der Waals surface area contributed by atoms with Crippen molar-refractivity contribution in [3.05, 3.63) is 11.6 Å². The van der Waals surface area contributed by atoms with Gasteiger partial charge in [-0.1, -0.05) is 50.7 Å². The molecule has 2 aliphatic carbocycles. The Morgan fingerprint density at radius 3 is 2.55 bits per heavy atom. The van der Waals surface area contributed by atoms with Gasteiger partial charge in [0.05, 0.1) is 18.4 Å². The van der Waals surface area contributed by atoms with Gasteiger partial charge in [0.25, 0.3) is 0 Å². The number of carboxylic acids is 1. The first kappa shape index (κ1) is 17.0. The van der Waals surface area contributed by atoms with Crippen LogP contribution < -0.4 is 0 Å². The fourth-order valence-corrected chi connectivity index (χ4v) is 4.00. The van der Waals surface area contributed by atoms with Crippen LogP contribution in [0.5, 0.6) is 0 Å². The number of allylic oxidation sites excluding steroid dienone is 2. The van der Waals surface area contributed by atoms with Crippen molar-refractivity contribution in [2.24, 2.45) is 23.7 Å². The summed E-state index contributed by atoms with van der Waals surface area (Å²) in [7, 11) is 0. The van der Waals surface area contributed by atoms with Crippen LogP contribution in [0.15, 0.2) is 11.6 Å². The lowest BCUT2D eigenvalue weighted by Crippen LogP contribution is -2.35. The molecule has 0 aliphatic heterocycles. The van der Waals surface area contributed by atoms with E-state index in [-0.39, 0.29) is 17.8 Å². The molecule has 0 aromatic heterocycles. The van der Waals surface area contributed by atoms with Crippen molar-refractivity contribution < 1.29 is 19.4 Å². The van der Waals surface area contributed by atoms with Gasteiger partial charge in [-0.3, -0.25) is 9.59 Å². The first-order valence-corrected chi connectivity index (χ1v) is 8.64. The maximum Gasteiger partial charge on any atom is 0.310 e. The zero-order chi connectivity index (χ0) is 16.1. The summed E-state index contributed by atoms with van der Waals surface area (Å²) >= 11 is 0. The quantitative estimate of drug-likeness (QED) is 0.400. The Morgan fingerprint density at radius 2 is 1.86 bits per heavy atom. The maximum absolute atomic E-state index is 12.3. The van der Waals surface area contributed by atoms with Crippen molar-refractivity contribution in [2.75, 3.05) is 6.61 Å². The molecule has 0 aromatic carbocycles. The molecule has 124 valence electrons. The van der Waals surface area contributed by atoms with E-state index in [0.717, 1.165) is 24.8 Å². The van der Waals surface area contributed by atoms with Crippen LogP contribution in [0.2, 0.25) is 0 Å². The number of unbranched alkanes of at least 4 members (excludes halogenated alkanes) is 5. The van der Waals surface area contributed by atoms with Crippen molar-refractivity contribution in [3.63, 3.8) is 0 Å². The first-order valence-electron chi connectivity index (χ1n) is 8.64. The predicted molar refractivity (Wildman–Crippen MR) is 84.3 cm³/mol. The third kappa shape index (κ3) is 3.71. The number of hydrogen-bond donors (Lipinski definition) is 1. The normalized spacial score (nSPS) is 29.5. The number of fused-ring (bicyclic) bond motifs is 2. The highest BCUT2D eigenvalue weighted by Crippen LogP contribution is 2.51. The number of carbonyl (C=O) groups is 2. The van der Waals surface area contributed by atoms with Gasteiger partial charge in [-0.05, 0) is 31.6 Å². The molecule has 0 radical (unpaired) electrons. The molecule has 2 rings (SSSR count). The van der Waals surface area contributed by atoms with E-state index < -0.39 is 17.8 Å². The fourth-order valence-electron chi connectivity index (χ4n) is 4.00. The summed E-state index contributed by atoms with van der Waals surface area (Å²) in [6.45, 7) is 4.58. The summed E-state index contributed by atoms with van der Waals surface area (Å²) in [6.07, 6.45) is 9.72. The largest absolute Gasteiger partial charge is 0.481 e. The van der Waals surface area contributed by atoms with Crippen molar-refractivity contribution in [1.82, 2.24) is 0 Å². The number of carbonyl (C=O) groups excluding carboxylic acids is 1. The van der Waals surface area contributed by atoms with E-state index in [0.29, 0.717) is 6.61 Å². The van der Waals surface area contributed by atoms with E-state index in [2.05, 4.69) is 13.0 Å². The van der Waals surface area contributed by atoms with Gasteiger partial charge in [-0.2, -0.15) is 0 Å². The molecular weight excluding hydrogens is 280 g/mol. The molecule has 4 heteroatoms. The van der Waals surface area contributed by atoms with Gasteiger partial charge >= 0.3 is 11.9 Å². The number of ether oxygens (including phenoxy) is 1. The first-order chi connectivity index (χ1) is 10.6. The lowest BCUT2D eigenvalue weighted by atomic mass is 9.80. The molecule has 0 spiro atoms. The molecule has 4 unspecified atom stereocenters. The SMILES string of the molecule is CCCCCCCCOC(=O)C1C2C=C(C)C(C2)C1C(=O)O. The third-order valence-corrected chi connectivity index (χ3v) is 5.17. The van der Waals surface area contributed by atoms with Gasteiger partial charge in [0.15, 0.2) is 0 Å². The van der Waals surface area contributed by atoms with Crippen LogP contribution in [0.25, 0.3) is 0 Å². The Labute approximate surface area is 132 Å². The van der Waals surface area contributed by atoms with E-state index in [9.17, 15) is 14.7 Å². The number of rotatable bonds is 9. The van der Waals surface area contributed by atoms with Crippen molar-refractivity contribution >= 4 is 11.9 Å². The second-order valence-corrected chi connectivity index (χ2v) is 6.74. The summed E-state index contributed by atoms with van der Waals surface area (Å²) in [6, 6.07) is 0. The highest BCUT2D eigenvalue weighted by Gasteiger charge is 2.54. The Balaban J connectivity index is 1.76. The second kappa shape index (κ2) is 7.80. The average molecular weight is 308 g/mol. The topological polar surface area (TPSA) is 63.6 Å². The molecule has 0 saturated heterocycles. The summed E-state index contributed by atoms with van der Waals surface area (Å²) in [5.74, 6) is -2.16. The van der Waals surface area contributed by atoms with Gasteiger partial charge in [0.2, 0.25) is 0 Å². The van der Waals surface area contributed by atoms with Crippen LogP contribution >= 0.6 is 0 Å². The van der Waals surface area contributed by atoms with Crippen LogP contribution in [-0.4, -0.2) is 23.7 Å².